The maximum atomic E-state index is 14.9. The summed E-state index contributed by atoms with van der Waals surface area (Å²) in [6, 6.07) is 7.32. The Morgan fingerprint density at radius 2 is 2.10 bits per heavy atom. The van der Waals surface area contributed by atoms with Gasteiger partial charge < -0.3 is 9.30 Å². The highest BCUT2D eigenvalue weighted by atomic mass is 19.1. The number of nitrogens with one attached hydrogen (secondary N) is 1. The average Bonchev–Trinajstić information content (AvgIpc) is 3.12. The number of nitrogens with zero attached hydrogens (tertiary/aromatic N) is 1. The van der Waals surface area contributed by atoms with Crippen LogP contribution in [0.25, 0.3) is 17.8 Å². The van der Waals surface area contributed by atoms with Gasteiger partial charge in [0.05, 0.1) is 18.3 Å². The first-order valence-electron chi connectivity index (χ1n) is 10.0. The van der Waals surface area contributed by atoms with Crippen LogP contribution in [-0.2, 0) is 16.1 Å². The highest BCUT2D eigenvalue weighted by Gasteiger charge is 2.15. The van der Waals surface area contributed by atoms with Crippen molar-refractivity contribution in [1.29, 1.82) is 0 Å². The van der Waals surface area contributed by atoms with Crippen LogP contribution in [0.15, 0.2) is 49.2 Å². The van der Waals surface area contributed by atoms with Crippen molar-refractivity contribution < 1.29 is 14.0 Å². The summed E-state index contributed by atoms with van der Waals surface area (Å²) in [5.74, 6) is -0.236. The molecule has 1 saturated heterocycles. The third kappa shape index (κ3) is 5.25. The van der Waals surface area contributed by atoms with E-state index in [1.165, 1.54) is 0 Å². The third-order valence-corrected chi connectivity index (χ3v) is 5.11. The third-order valence-electron chi connectivity index (χ3n) is 5.11. The Balaban J connectivity index is 1.74. The highest BCUT2D eigenvalue weighted by Crippen LogP contribution is 2.18. The number of hydrogen-bond acceptors (Lipinski definition) is 3. The topological polar surface area (TPSA) is 35.4 Å². The summed E-state index contributed by atoms with van der Waals surface area (Å²) in [6.45, 7) is 9.53. The molecule has 0 unspecified atom stereocenters. The zero-order chi connectivity index (χ0) is 20.6. The summed E-state index contributed by atoms with van der Waals surface area (Å²) >= 11 is 0. The van der Waals surface area contributed by atoms with Crippen LogP contribution in [0.2, 0.25) is 0 Å². The minimum Gasteiger partial charge on any atom is -0.381 e. The summed E-state index contributed by atoms with van der Waals surface area (Å²) in [5, 5.41) is 2.12. The molecule has 0 atom stereocenters. The van der Waals surface area contributed by atoms with Crippen LogP contribution in [0.4, 0.5) is 4.39 Å². The van der Waals surface area contributed by atoms with Crippen LogP contribution in [0.3, 0.4) is 0 Å². The van der Waals surface area contributed by atoms with Crippen LogP contribution in [0, 0.1) is 5.82 Å². The van der Waals surface area contributed by atoms with E-state index < -0.39 is 0 Å². The number of rotatable bonds is 7. The fourth-order valence-corrected chi connectivity index (χ4v) is 3.49. The molecule has 3 rings (SSSR count). The first kappa shape index (κ1) is 21.1. The van der Waals surface area contributed by atoms with E-state index in [9.17, 15) is 4.39 Å². The van der Waals surface area contributed by atoms with Crippen molar-refractivity contribution in [3.63, 3.8) is 0 Å². The zero-order valence-corrected chi connectivity index (χ0v) is 17.2. The maximum Gasteiger partial charge on any atom is 0.128 e. The molecule has 1 aliphatic rings. The van der Waals surface area contributed by atoms with Gasteiger partial charge in [-0.2, -0.15) is 0 Å². The lowest BCUT2D eigenvalue weighted by atomic mass is 10.1. The van der Waals surface area contributed by atoms with Crippen LogP contribution in [-0.4, -0.2) is 23.9 Å². The normalized spacial score (nSPS) is 17.0. The molecule has 4 nitrogen and oxygen atoms in total. The largest absolute Gasteiger partial charge is 0.381 e. The molecule has 1 N–H and O–H groups in total. The van der Waals surface area contributed by atoms with Crippen LogP contribution < -0.4 is 16.0 Å². The standard InChI is InChI=1S/C24H29FN2O2/c1-4-7-18-10-13-27(24(18)6-3)17-20-9-8-19(16-22(20)25)23(5-2)26-29-21-11-14-28-15-12-21/h4-10,13,16,21,26H,1,11-12,14-15,17H2,2-3H3/b18-7-,23-5+,24-6+. The Kier molecular flexibility index (Phi) is 7.44. The van der Waals surface area contributed by atoms with Crippen LogP contribution >= 0.6 is 0 Å². The van der Waals surface area contributed by atoms with Gasteiger partial charge in [-0.3, -0.25) is 10.3 Å². The molecule has 0 spiro atoms. The Hall–Kier alpha value is -2.63. The van der Waals surface area contributed by atoms with Crippen LogP contribution in [0.1, 0.15) is 37.8 Å². The number of benzene rings is 1. The van der Waals surface area contributed by atoms with E-state index in [4.69, 9.17) is 9.57 Å². The lowest BCUT2D eigenvalue weighted by Gasteiger charge is -2.23. The van der Waals surface area contributed by atoms with Crippen molar-refractivity contribution in [1.82, 2.24) is 10.0 Å². The van der Waals surface area contributed by atoms with Crippen molar-refractivity contribution in [2.45, 2.75) is 39.3 Å². The molecular weight excluding hydrogens is 367 g/mol. The summed E-state index contributed by atoms with van der Waals surface area (Å²) < 4.78 is 22.2. The van der Waals surface area contributed by atoms with Crippen molar-refractivity contribution >= 4 is 17.8 Å². The smallest absolute Gasteiger partial charge is 0.128 e. The molecule has 1 fully saturated rings. The average molecular weight is 397 g/mol. The van der Waals surface area contributed by atoms with Gasteiger partial charge in [0.1, 0.15) is 5.82 Å². The number of hydrogen-bond donors (Lipinski definition) is 1. The van der Waals surface area contributed by atoms with Gasteiger partial charge in [0.25, 0.3) is 0 Å². The summed E-state index contributed by atoms with van der Waals surface area (Å²) in [5.41, 5.74) is 5.16. The van der Waals surface area contributed by atoms with Crippen LogP contribution in [0.5, 0.6) is 0 Å². The minimum atomic E-state index is -0.236. The summed E-state index contributed by atoms with van der Waals surface area (Å²) in [7, 11) is 0. The lowest BCUT2D eigenvalue weighted by molar-refractivity contribution is -0.0597. The van der Waals surface area contributed by atoms with Gasteiger partial charge in [-0.1, -0.05) is 43.0 Å². The number of ether oxygens (including phenoxy) is 1. The number of allylic oxidation sites excluding steroid dienone is 2. The van der Waals surface area contributed by atoms with Crippen molar-refractivity contribution in [3.05, 3.63) is 76.7 Å². The zero-order valence-electron chi connectivity index (χ0n) is 17.2. The molecule has 5 heteroatoms. The second kappa shape index (κ2) is 10.2. The molecule has 0 aliphatic carbocycles. The number of halogens is 1. The molecule has 1 aliphatic heterocycles. The Bertz CT molecular complexity index is 985. The lowest BCUT2D eigenvalue weighted by Crippen LogP contribution is -2.29. The predicted octanol–water partition coefficient (Wildman–Crippen LogP) is 3.50. The molecular formula is C24H29FN2O2. The Labute approximate surface area is 171 Å². The van der Waals surface area contributed by atoms with Gasteiger partial charge in [-0.25, -0.2) is 4.39 Å². The molecule has 2 aromatic rings. The second-order valence-corrected chi connectivity index (χ2v) is 7.02. The molecule has 0 amide bonds. The second-order valence-electron chi connectivity index (χ2n) is 7.02. The molecule has 1 aromatic heterocycles. The van der Waals surface area contributed by atoms with Gasteiger partial charge >= 0.3 is 0 Å². The monoisotopic (exact) mass is 396 g/mol. The van der Waals surface area contributed by atoms with E-state index in [0.717, 1.165) is 34.7 Å². The Morgan fingerprint density at radius 1 is 1.31 bits per heavy atom. The van der Waals surface area contributed by atoms with Crippen molar-refractivity contribution in [3.8, 4) is 0 Å². The molecule has 2 heterocycles. The van der Waals surface area contributed by atoms with E-state index in [-0.39, 0.29) is 11.9 Å². The van der Waals surface area contributed by atoms with E-state index >= 15 is 0 Å². The van der Waals surface area contributed by atoms with E-state index in [1.54, 1.807) is 12.1 Å². The number of hydroxylamine groups is 1. The summed E-state index contributed by atoms with van der Waals surface area (Å²) in [6.07, 6.45) is 11.4. The molecule has 0 saturated carbocycles. The Morgan fingerprint density at radius 3 is 2.76 bits per heavy atom. The first-order chi connectivity index (χ1) is 14.2. The maximum absolute atomic E-state index is 14.9. The van der Waals surface area contributed by atoms with Crippen molar-refractivity contribution in [2.75, 3.05) is 13.2 Å². The van der Waals surface area contributed by atoms with Gasteiger partial charge in [0.2, 0.25) is 0 Å². The van der Waals surface area contributed by atoms with E-state index in [2.05, 4.69) is 12.1 Å². The molecule has 1 aromatic carbocycles. The van der Waals surface area contributed by atoms with Gasteiger partial charge in [-0.05, 0) is 44.0 Å². The predicted molar refractivity (Wildman–Crippen MR) is 116 cm³/mol. The van der Waals surface area contributed by atoms with Crippen molar-refractivity contribution in [2.24, 2.45) is 0 Å². The molecule has 154 valence electrons. The molecule has 0 bridgehead atoms. The van der Waals surface area contributed by atoms with Gasteiger partial charge in [-0.15, -0.1) is 0 Å². The van der Waals surface area contributed by atoms with E-state index in [1.807, 2.05) is 61.0 Å². The molecule has 29 heavy (non-hydrogen) atoms. The quantitative estimate of drug-likeness (QED) is 0.728. The fraction of sp³-hybridized carbons (Fsp3) is 0.333. The summed E-state index contributed by atoms with van der Waals surface area (Å²) in [4.78, 5) is 5.77. The van der Waals surface area contributed by atoms with E-state index in [0.29, 0.717) is 25.3 Å². The fourth-order valence-electron chi connectivity index (χ4n) is 3.49. The highest BCUT2D eigenvalue weighted by molar-refractivity contribution is 5.63. The van der Waals surface area contributed by atoms with Gasteiger partial charge in [0, 0.05) is 35.9 Å². The molecule has 0 radical (unpaired) electrons. The SMILES string of the molecule is C=C/C=c1/ccn(Cc2ccc(/C(=C\C)NOC3CCOCC3)cc2F)/c1=C/C. The number of aromatic nitrogens is 1. The minimum absolute atomic E-state index is 0.113. The van der Waals surface area contributed by atoms with Gasteiger partial charge in [0.15, 0.2) is 0 Å². The first-order valence-corrected chi connectivity index (χ1v) is 10.0.